The van der Waals surface area contributed by atoms with E-state index in [0.717, 1.165) is 23.2 Å². The normalized spacial score (nSPS) is 11.1. The van der Waals surface area contributed by atoms with Crippen molar-refractivity contribution in [1.29, 1.82) is 0 Å². The minimum atomic E-state index is -0.103. The van der Waals surface area contributed by atoms with Gasteiger partial charge in [0.25, 0.3) is 0 Å². The van der Waals surface area contributed by atoms with E-state index in [2.05, 4.69) is 38.2 Å². The molecule has 2 aromatic rings. The number of para-hydroxylation sites is 1. The molecule has 0 heterocycles. The molecule has 0 aliphatic carbocycles. The second-order valence-corrected chi connectivity index (χ2v) is 5.65. The summed E-state index contributed by atoms with van der Waals surface area (Å²) in [5.74, 6) is 0.417. The third-order valence-corrected chi connectivity index (χ3v) is 3.69. The summed E-state index contributed by atoms with van der Waals surface area (Å²) in [6.07, 6.45) is 4.32. The molecular formula is C20H23NO. The molecule has 0 aliphatic heterocycles. The molecule has 2 heteroatoms. The van der Waals surface area contributed by atoms with Crippen LogP contribution in [0.15, 0.2) is 54.6 Å². The summed E-state index contributed by atoms with van der Waals surface area (Å²) in [7, 11) is 0. The number of hydrogen-bond acceptors (Lipinski definition) is 1. The van der Waals surface area contributed by atoms with Gasteiger partial charge in [-0.2, -0.15) is 0 Å². The molecule has 2 rings (SSSR count). The summed E-state index contributed by atoms with van der Waals surface area (Å²) in [6.45, 7) is 6.42. The second-order valence-electron chi connectivity index (χ2n) is 5.65. The van der Waals surface area contributed by atoms with Crippen molar-refractivity contribution in [2.45, 2.75) is 33.1 Å². The molecule has 22 heavy (non-hydrogen) atoms. The van der Waals surface area contributed by atoms with E-state index in [1.807, 2.05) is 42.5 Å². The SMILES string of the molecule is CCc1ccccc1NC(=O)C=Cc1ccc(C(C)C)cc1. The maximum Gasteiger partial charge on any atom is 0.248 e. The molecule has 0 unspecified atom stereocenters. The summed E-state index contributed by atoms with van der Waals surface area (Å²) in [6, 6.07) is 16.2. The van der Waals surface area contributed by atoms with Crippen molar-refractivity contribution in [3.8, 4) is 0 Å². The quantitative estimate of drug-likeness (QED) is 0.770. The van der Waals surface area contributed by atoms with E-state index in [-0.39, 0.29) is 5.91 Å². The molecule has 0 radical (unpaired) electrons. The molecular weight excluding hydrogens is 270 g/mol. The van der Waals surface area contributed by atoms with Gasteiger partial charge < -0.3 is 5.32 Å². The summed E-state index contributed by atoms with van der Waals surface area (Å²) < 4.78 is 0. The number of carbonyl (C=O) groups is 1. The predicted molar refractivity (Wildman–Crippen MR) is 94.0 cm³/mol. The zero-order chi connectivity index (χ0) is 15.9. The Morgan fingerprint density at radius 1 is 1.09 bits per heavy atom. The van der Waals surface area contributed by atoms with Gasteiger partial charge in [0.2, 0.25) is 5.91 Å². The topological polar surface area (TPSA) is 29.1 Å². The van der Waals surface area contributed by atoms with Crippen molar-refractivity contribution >= 4 is 17.7 Å². The molecule has 2 aromatic carbocycles. The minimum Gasteiger partial charge on any atom is -0.322 e. The van der Waals surface area contributed by atoms with E-state index in [4.69, 9.17) is 0 Å². The van der Waals surface area contributed by atoms with Gasteiger partial charge in [-0.05, 0) is 41.2 Å². The molecule has 2 nitrogen and oxygen atoms in total. The average Bonchev–Trinajstić information content (AvgIpc) is 2.54. The highest BCUT2D eigenvalue weighted by Gasteiger charge is 2.02. The highest BCUT2D eigenvalue weighted by atomic mass is 16.1. The molecule has 0 aromatic heterocycles. The zero-order valence-corrected chi connectivity index (χ0v) is 13.5. The highest BCUT2D eigenvalue weighted by molar-refractivity contribution is 6.02. The molecule has 0 bridgehead atoms. The molecule has 0 spiro atoms. The molecule has 0 atom stereocenters. The monoisotopic (exact) mass is 293 g/mol. The van der Waals surface area contributed by atoms with E-state index in [1.165, 1.54) is 5.56 Å². The lowest BCUT2D eigenvalue weighted by atomic mass is 10.0. The largest absolute Gasteiger partial charge is 0.322 e. The number of carbonyl (C=O) groups excluding carboxylic acids is 1. The van der Waals surface area contributed by atoms with Crippen LogP contribution in [0.1, 0.15) is 43.4 Å². The Labute approximate surface area is 132 Å². The van der Waals surface area contributed by atoms with Crippen LogP contribution in [0.25, 0.3) is 6.08 Å². The van der Waals surface area contributed by atoms with Crippen LogP contribution in [0.3, 0.4) is 0 Å². The van der Waals surface area contributed by atoms with Crippen molar-refractivity contribution in [2.24, 2.45) is 0 Å². The Hall–Kier alpha value is -2.35. The van der Waals surface area contributed by atoms with Crippen LogP contribution in [0, 0.1) is 0 Å². The van der Waals surface area contributed by atoms with Gasteiger partial charge in [0.05, 0.1) is 0 Å². The second kappa shape index (κ2) is 7.60. The van der Waals surface area contributed by atoms with Crippen LogP contribution in [-0.2, 0) is 11.2 Å². The molecule has 1 N–H and O–H groups in total. The Balaban J connectivity index is 2.02. The smallest absolute Gasteiger partial charge is 0.248 e. The highest BCUT2D eigenvalue weighted by Crippen LogP contribution is 2.17. The van der Waals surface area contributed by atoms with Crippen molar-refractivity contribution in [1.82, 2.24) is 0 Å². The van der Waals surface area contributed by atoms with Gasteiger partial charge in [-0.15, -0.1) is 0 Å². The lowest BCUT2D eigenvalue weighted by molar-refractivity contribution is -0.111. The number of benzene rings is 2. The first-order chi connectivity index (χ1) is 10.6. The molecule has 0 saturated carbocycles. The van der Waals surface area contributed by atoms with Crippen molar-refractivity contribution < 1.29 is 4.79 Å². The predicted octanol–water partition coefficient (Wildman–Crippen LogP) is 5.02. The maximum absolute atomic E-state index is 12.0. The first-order valence-corrected chi connectivity index (χ1v) is 7.77. The fourth-order valence-electron chi connectivity index (χ4n) is 2.29. The Kier molecular flexibility index (Phi) is 5.54. The van der Waals surface area contributed by atoms with Gasteiger partial charge in [0.1, 0.15) is 0 Å². The number of rotatable bonds is 5. The number of nitrogens with one attached hydrogen (secondary N) is 1. The van der Waals surface area contributed by atoms with Gasteiger partial charge in [-0.1, -0.05) is 63.2 Å². The molecule has 0 fully saturated rings. The van der Waals surface area contributed by atoms with Gasteiger partial charge in [0.15, 0.2) is 0 Å². The van der Waals surface area contributed by atoms with Crippen LogP contribution >= 0.6 is 0 Å². The zero-order valence-electron chi connectivity index (χ0n) is 13.5. The first kappa shape index (κ1) is 16.0. The van der Waals surface area contributed by atoms with E-state index >= 15 is 0 Å². The van der Waals surface area contributed by atoms with Crippen LogP contribution < -0.4 is 5.32 Å². The number of amides is 1. The van der Waals surface area contributed by atoms with E-state index in [1.54, 1.807) is 6.08 Å². The summed E-state index contributed by atoms with van der Waals surface area (Å²) in [5, 5.41) is 2.94. The van der Waals surface area contributed by atoms with Gasteiger partial charge in [-0.3, -0.25) is 4.79 Å². The average molecular weight is 293 g/mol. The van der Waals surface area contributed by atoms with Crippen molar-refractivity contribution in [3.05, 3.63) is 71.3 Å². The third kappa shape index (κ3) is 4.32. The van der Waals surface area contributed by atoms with Gasteiger partial charge in [0, 0.05) is 11.8 Å². The van der Waals surface area contributed by atoms with Crippen LogP contribution in [-0.4, -0.2) is 5.91 Å². The lowest BCUT2D eigenvalue weighted by Gasteiger charge is -2.07. The third-order valence-electron chi connectivity index (χ3n) is 3.69. The summed E-state index contributed by atoms with van der Waals surface area (Å²) >= 11 is 0. The first-order valence-electron chi connectivity index (χ1n) is 7.77. The van der Waals surface area contributed by atoms with E-state index in [0.29, 0.717) is 5.92 Å². The standard InChI is InChI=1S/C20H23NO/c1-4-17-7-5-6-8-19(17)21-20(22)14-11-16-9-12-18(13-10-16)15(2)3/h5-15H,4H2,1-3H3,(H,21,22). The number of anilines is 1. The Bertz CT molecular complexity index is 654. The summed E-state index contributed by atoms with van der Waals surface area (Å²) in [5.41, 5.74) is 4.36. The lowest BCUT2D eigenvalue weighted by Crippen LogP contribution is -2.09. The van der Waals surface area contributed by atoms with E-state index in [9.17, 15) is 4.79 Å². The van der Waals surface area contributed by atoms with E-state index < -0.39 is 0 Å². The summed E-state index contributed by atoms with van der Waals surface area (Å²) in [4.78, 5) is 12.0. The van der Waals surface area contributed by atoms with Gasteiger partial charge >= 0.3 is 0 Å². The minimum absolute atomic E-state index is 0.103. The van der Waals surface area contributed by atoms with Crippen LogP contribution in [0.5, 0.6) is 0 Å². The maximum atomic E-state index is 12.0. The Morgan fingerprint density at radius 2 is 1.77 bits per heavy atom. The molecule has 0 saturated heterocycles. The molecule has 114 valence electrons. The van der Waals surface area contributed by atoms with Crippen molar-refractivity contribution in [3.63, 3.8) is 0 Å². The van der Waals surface area contributed by atoms with Crippen LogP contribution in [0.4, 0.5) is 5.69 Å². The molecule has 1 amide bonds. The van der Waals surface area contributed by atoms with Crippen molar-refractivity contribution in [2.75, 3.05) is 5.32 Å². The van der Waals surface area contributed by atoms with Gasteiger partial charge in [-0.25, -0.2) is 0 Å². The fraction of sp³-hybridized carbons (Fsp3) is 0.250. The number of aryl methyl sites for hydroxylation is 1. The number of hydrogen-bond donors (Lipinski definition) is 1. The Morgan fingerprint density at radius 3 is 2.41 bits per heavy atom. The molecule has 0 aliphatic rings. The van der Waals surface area contributed by atoms with Crippen LogP contribution in [0.2, 0.25) is 0 Å². The fourth-order valence-corrected chi connectivity index (χ4v) is 2.29.